The van der Waals surface area contributed by atoms with Crippen molar-refractivity contribution in [1.29, 1.82) is 0 Å². The minimum Gasteiger partial charge on any atom is -0.494 e. The molecular weight excluding hydrogens is 278 g/mol. The molecule has 22 heavy (non-hydrogen) atoms. The molecule has 2 N–H and O–H groups in total. The van der Waals surface area contributed by atoms with E-state index in [1.807, 2.05) is 14.0 Å². The molecule has 0 aromatic heterocycles. The van der Waals surface area contributed by atoms with Gasteiger partial charge in [0, 0.05) is 30.6 Å². The van der Waals surface area contributed by atoms with Crippen LogP contribution in [0.2, 0.25) is 0 Å². The van der Waals surface area contributed by atoms with Crippen LogP contribution >= 0.6 is 0 Å². The predicted molar refractivity (Wildman–Crippen MR) is 87.5 cm³/mol. The first kappa shape index (κ1) is 15.0. The Labute approximate surface area is 132 Å². The van der Waals surface area contributed by atoms with Gasteiger partial charge in [-0.25, -0.2) is 4.99 Å². The molecule has 0 bridgehead atoms. The lowest BCUT2D eigenvalue weighted by Crippen LogP contribution is -2.35. The summed E-state index contributed by atoms with van der Waals surface area (Å²) in [6.45, 7) is 5.24. The number of aliphatic imine (C=N–C) groups is 1. The van der Waals surface area contributed by atoms with Gasteiger partial charge < -0.3 is 20.1 Å². The van der Waals surface area contributed by atoms with Crippen LogP contribution in [0.5, 0.6) is 11.5 Å². The molecule has 0 amide bonds. The Bertz CT molecular complexity index is 582. The molecule has 1 aliphatic carbocycles. The smallest absolute Gasteiger partial charge is 0.191 e. The Hall–Kier alpha value is -1.91. The number of ether oxygens (including phenoxy) is 2. The lowest BCUT2D eigenvalue weighted by Gasteiger charge is -2.17. The molecule has 0 saturated heterocycles. The first-order chi connectivity index (χ1) is 10.6. The van der Waals surface area contributed by atoms with Crippen molar-refractivity contribution in [3.63, 3.8) is 0 Å². The lowest BCUT2D eigenvalue weighted by atomic mass is 10.1. The topological polar surface area (TPSA) is 60.1 Å². The fourth-order valence-electron chi connectivity index (χ4n) is 2.82. The summed E-state index contributed by atoms with van der Waals surface area (Å²) < 4.78 is 11.6. The van der Waals surface area contributed by atoms with E-state index in [0.717, 1.165) is 23.5 Å². The van der Waals surface area contributed by atoms with Crippen molar-refractivity contribution in [2.75, 3.05) is 13.7 Å². The Morgan fingerprint density at radius 3 is 2.91 bits per heavy atom. The molecule has 5 nitrogen and oxygen atoms in total. The standard InChI is InChI=1S/C17H25N3O2/c1-4-21-15-8-12-7-11(2)22-16(12)9-13(15)10-19-17(18)20(3)14-5-6-14/h8-9,11,14H,4-7,10H2,1-3H3,(H2,18,19). The molecule has 120 valence electrons. The van der Waals surface area contributed by atoms with E-state index >= 15 is 0 Å². The summed E-state index contributed by atoms with van der Waals surface area (Å²) in [7, 11) is 2.01. The second kappa shape index (κ2) is 6.07. The van der Waals surface area contributed by atoms with Crippen molar-refractivity contribution in [2.24, 2.45) is 10.7 Å². The third kappa shape index (κ3) is 3.13. The zero-order chi connectivity index (χ0) is 15.7. The molecular formula is C17H25N3O2. The zero-order valence-electron chi connectivity index (χ0n) is 13.6. The highest BCUT2D eigenvalue weighted by Crippen LogP contribution is 2.35. The minimum atomic E-state index is 0.231. The number of fused-ring (bicyclic) bond motifs is 1. The highest BCUT2D eigenvalue weighted by atomic mass is 16.5. The quantitative estimate of drug-likeness (QED) is 0.670. The highest BCUT2D eigenvalue weighted by Gasteiger charge is 2.27. The highest BCUT2D eigenvalue weighted by molar-refractivity contribution is 5.78. The number of hydrogen-bond acceptors (Lipinski definition) is 3. The van der Waals surface area contributed by atoms with Crippen molar-refractivity contribution in [2.45, 2.75) is 51.8 Å². The van der Waals surface area contributed by atoms with Gasteiger partial charge in [0.25, 0.3) is 0 Å². The number of hydrogen-bond donors (Lipinski definition) is 1. The average molecular weight is 303 g/mol. The van der Waals surface area contributed by atoms with Crippen LogP contribution in [0.1, 0.15) is 37.8 Å². The van der Waals surface area contributed by atoms with E-state index in [9.17, 15) is 0 Å². The molecule has 5 heteroatoms. The Kier molecular flexibility index (Phi) is 4.14. The summed E-state index contributed by atoms with van der Waals surface area (Å²) in [5.74, 6) is 2.44. The fraction of sp³-hybridized carbons (Fsp3) is 0.588. The van der Waals surface area contributed by atoms with Gasteiger partial charge in [0.15, 0.2) is 5.96 Å². The van der Waals surface area contributed by atoms with Crippen LogP contribution in [0.15, 0.2) is 17.1 Å². The Morgan fingerprint density at radius 1 is 1.45 bits per heavy atom. The van der Waals surface area contributed by atoms with Crippen molar-refractivity contribution in [1.82, 2.24) is 4.90 Å². The molecule has 1 heterocycles. The predicted octanol–water partition coefficient (Wildman–Crippen LogP) is 2.32. The molecule has 0 radical (unpaired) electrons. The summed E-state index contributed by atoms with van der Waals surface area (Å²) in [5, 5.41) is 0. The molecule has 0 spiro atoms. The Balaban J connectivity index is 1.79. The van der Waals surface area contributed by atoms with E-state index < -0.39 is 0 Å². The third-order valence-corrected chi connectivity index (χ3v) is 4.25. The molecule has 1 fully saturated rings. The van der Waals surface area contributed by atoms with Crippen molar-refractivity contribution in [3.8, 4) is 11.5 Å². The molecule has 1 aliphatic heterocycles. The van der Waals surface area contributed by atoms with Gasteiger partial charge >= 0.3 is 0 Å². The van der Waals surface area contributed by atoms with Crippen LogP contribution in [0.4, 0.5) is 0 Å². The van der Waals surface area contributed by atoms with E-state index in [2.05, 4.69) is 28.9 Å². The molecule has 3 rings (SSSR count). The van der Waals surface area contributed by atoms with Crippen LogP contribution in [0.25, 0.3) is 0 Å². The fourth-order valence-corrected chi connectivity index (χ4v) is 2.82. The average Bonchev–Trinajstić information content (AvgIpc) is 3.26. The van der Waals surface area contributed by atoms with E-state index in [0.29, 0.717) is 25.2 Å². The molecule has 2 aliphatic rings. The van der Waals surface area contributed by atoms with Gasteiger partial charge in [0.2, 0.25) is 0 Å². The number of rotatable bonds is 5. The van der Waals surface area contributed by atoms with Crippen LogP contribution in [0.3, 0.4) is 0 Å². The number of nitrogens with two attached hydrogens (primary N) is 1. The van der Waals surface area contributed by atoms with Crippen LogP contribution < -0.4 is 15.2 Å². The molecule has 1 unspecified atom stereocenters. The van der Waals surface area contributed by atoms with Gasteiger partial charge in [-0.05, 0) is 38.8 Å². The third-order valence-electron chi connectivity index (χ3n) is 4.25. The second-order valence-corrected chi connectivity index (χ2v) is 6.15. The zero-order valence-corrected chi connectivity index (χ0v) is 13.6. The van der Waals surface area contributed by atoms with Gasteiger partial charge in [-0.3, -0.25) is 0 Å². The van der Waals surface area contributed by atoms with Crippen molar-refractivity contribution in [3.05, 3.63) is 23.3 Å². The van der Waals surface area contributed by atoms with Gasteiger partial charge in [-0.2, -0.15) is 0 Å². The summed E-state index contributed by atoms with van der Waals surface area (Å²) in [5.41, 5.74) is 8.31. The van der Waals surface area contributed by atoms with Crippen LogP contribution in [-0.4, -0.2) is 36.7 Å². The van der Waals surface area contributed by atoms with Gasteiger partial charge in [-0.15, -0.1) is 0 Å². The van der Waals surface area contributed by atoms with E-state index in [1.54, 1.807) is 0 Å². The van der Waals surface area contributed by atoms with Gasteiger partial charge in [-0.1, -0.05) is 0 Å². The maximum Gasteiger partial charge on any atom is 0.191 e. The number of nitrogens with zero attached hydrogens (tertiary/aromatic N) is 2. The van der Waals surface area contributed by atoms with Crippen molar-refractivity contribution < 1.29 is 9.47 Å². The molecule has 1 aromatic carbocycles. The Morgan fingerprint density at radius 2 is 2.23 bits per heavy atom. The summed E-state index contributed by atoms with van der Waals surface area (Å²) in [4.78, 5) is 6.59. The molecule has 1 saturated carbocycles. The summed E-state index contributed by atoms with van der Waals surface area (Å²) >= 11 is 0. The monoisotopic (exact) mass is 303 g/mol. The number of guanidine groups is 1. The first-order valence-corrected chi connectivity index (χ1v) is 8.06. The first-order valence-electron chi connectivity index (χ1n) is 8.06. The molecule has 1 atom stereocenters. The van der Waals surface area contributed by atoms with E-state index in [1.165, 1.54) is 18.4 Å². The summed E-state index contributed by atoms with van der Waals surface area (Å²) in [6, 6.07) is 4.71. The van der Waals surface area contributed by atoms with E-state index in [-0.39, 0.29) is 6.10 Å². The largest absolute Gasteiger partial charge is 0.494 e. The minimum absolute atomic E-state index is 0.231. The molecule has 1 aromatic rings. The lowest BCUT2D eigenvalue weighted by molar-refractivity contribution is 0.254. The van der Waals surface area contributed by atoms with Crippen LogP contribution in [0, 0.1) is 0 Å². The van der Waals surface area contributed by atoms with Crippen molar-refractivity contribution >= 4 is 5.96 Å². The number of benzene rings is 1. The SMILES string of the molecule is CCOc1cc2c(cc1CN=C(N)N(C)C1CC1)OC(C)C2. The maximum atomic E-state index is 6.07. The van der Waals surface area contributed by atoms with E-state index in [4.69, 9.17) is 15.2 Å². The normalized spacial score (nSPS) is 20.5. The van der Waals surface area contributed by atoms with Gasteiger partial charge in [0.05, 0.1) is 13.2 Å². The maximum absolute atomic E-state index is 6.07. The van der Waals surface area contributed by atoms with Gasteiger partial charge in [0.1, 0.15) is 17.6 Å². The second-order valence-electron chi connectivity index (χ2n) is 6.15. The summed E-state index contributed by atoms with van der Waals surface area (Å²) in [6.07, 6.45) is 3.59. The van der Waals surface area contributed by atoms with Crippen LogP contribution in [-0.2, 0) is 13.0 Å².